The van der Waals surface area contributed by atoms with Gasteiger partial charge in [0.15, 0.2) is 0 Å². The summed E-state index contributed by atoms with van der Waals surface area (Å²) in [4.78, 5) is 3.82. The molecule has 130 valence electrons. The van der Waals surface area contributed by atoms with Gasteiger partial charge in [0.05, 0.1) is 4.90 Å². The largest absolute Gasteiger partial charge is 0.280 e. The number of pyridine rings is 1. The lowest BCUT2D eigenvalue weighted by Crippen LogP contribution is -2.11. The van der Waals surface area contributed by atoms with E-state index in [2.05, 4.69) is 10.1 Å². The van der Waals surface area contributed by atoms with E-state index in [4.69, 9.17) is 5.14 Å². The Kier molecular flexibility index (Phi) is 4.36. The number of rotatable bonds is 4. The Morgan fingerprint density at radius 1 is 1.04 bits per heavy atom. The van der Waals surface area contributed by atoms with Gasteiger partial charge in [0.25, 0.3) is 6.43 Å². The van der Waals surface area contributed by atoms with Crippen molar-refractivity contribution in [2.24, 2.45) is 12.2 Å². The molecular weight excluding hydrogens is 350 g/mol. The van der Waals surface area contributed by atoms with E-state index in [1.165, 1.54) is 31.3 Å². The van der Waals surface area contributed by atoms with Crippen LogP contribution < -0.4 is 5.14 Å². The predicted molar refractivity (Wildman–Crippen MR) is 88.2 cm³/mol. The number of benzene rings is 1. The number of aryl methyl sites for hydroxylation is 1. The lowest BCUT2D eigenvalue weighted by atomic mass is 9.99. The first kappa shape index (κ1) is 17.2. The van der Waals surface area contributed by atoms with E-state index >= 15 is 0 Å². The Morgan fingerprint density at radius 2 is 1.64 bits per heavy atom. The van der Waals surface area contributed by atoms with Crippen LogP contribution >= 0.6 is 0 Å². The molecule has 0 aliphatic heterocycles. The van der Waals surface area contributed by atoms with Crippen LogP contribution in [0.1, 0.15) is 12.1 Å². The van der Waals surface area contributed by atoms with Crippen molar-refractivity contribution in [1.29, 1.82) is 0 Å². The normalized spacial score (nSPS) is 11.9. The second-order valence-corrected chi connectivity index (χ2v) is 6.90. The Hall–Kier alpha value is -2.65. The molecule has 0 saturated heterocycles. The van der Waals surface area contributed by atoms with E-state index < -0.39 is 16.4 Å². The van der Waals surface area contributed by atoms with Crippen molar-refractivity contribution in [2.75, 3.05) is 0 Å². The average Bonchev–Trinajstić information content (AvgIpc) is 2.92. The number of nitrogens with two attached hydrogens (primary N) is 1. The molecule has 0 amide bonds. The van der Waals surface area contributed by atoms with Crippen LogP contribution in [-0.2, 0) is 17.1 Å². The molecule has 9 heteroatoms. The maximum absolute atomic E-state index is 13.6. The molecule has 1 aromatic carbocycles. The van der Waals surface area contributed by atoms with Crippen LogP contribution in [0.5, 0.6) is 0 Å². The zero-order valence-corrected chi connectivity index (χ0v) is 13.9. The van der Waals surface area contributed by atoms with Gasteiger partial charge in [-0.25, -0.2) is 22.3 Å². The molecule has 0 unspecified atom stereocenters. The summed E-state index contributed by atoms with van der Waals surface area (Å²) in [6.07, 6.45) is 0.334. The van der Waals surface area contributed by atoms with Crippen molar-refractivity contribution in [2.45, 2.75) is 11.3 Å². The van der Waals surface area contributed by atoms with Crippen molar-refractivity contribution in [1.82, 2.24) is 14.8 Å². The van der Waals surface area contributed by atoms with Crippen LogP contribution in [0, 0.1) is 0 Å². The first-order valence-electron chi connectivity index (χ1n) is 7.17. The van der Waals surface area contributed by atoms with Crippen LogP contribution in [-0.4, -0.2) is 23.2 Å². The minimum atomic E-state index is -3.86. The molecule has 0 bridgehead atoms. The van der Waals surface area contributed by atoms with Crippen molar-refractivity contribution < 1.29 is 17.2 Å². The fourth-order valence-corrected chi connectivity index (χ4v) is 3.11. The van der Waals surface area contributed by atoms with E-state index in [1.54, 1.807) is 24.5 Å². The minimum Gasteiger partial charge on any atom is -0.266 e. The van der Waals surface area contributed by atoms with Crippen LogP contribution in [0.3, 0.4) is 0 Å². The summed E-state index contributed by atoms with van der Waals surface area (Å²) >= 11 is 0. The number of hydrogen-bond donors (Lipinski definition) is 1. The molecule has 0 radical (unpaired) electrons. The number of nitrogens with zero attached hydrogens (tertiary/aromatic N) is 3. The second-order valence-electron chi connectivity index (χ2n) is 5.34. The number of sulfonamides is 1. The highest BCUT2D eigenvalue weighted by Gasteiger charge is 2.25. The molecule has 0 aliphatic rings. The van der Waals surface area contributed by atoms with Gasteiger partial charge in [-0.1, -0.05) is 12.1 Å². The number of aromatic nitrogens is 3. The fourth-order valence-electron chi connectivity index (χ4n) is 2.60. The molecule has 0 saturated carbocycles. The van der Waals surface area contributed by atoms with Gasteiger partial charge in [0, 0.05) is 30.6 Å². The summed E-state index contributed by atoms with van der Waals surface area (Å²) in [5.41, 5.74) is 1.40. The van der Waals surface area contributed by atoms with Gasteiger partial charge in [-0.15, -0.1) is 0 Å². The monoisotopic (exact) mass is 364 g/mol. The van der Waals surface area contributed by atoms with E-state index in [9.17, 15) is 17.2 Å². The number of primary sulfonamides is 1. The molecule has 25 heavy (non-hydrogen) atoms. The zero-order valence-electron chi connectivity index (χ0n) is 13.1. The van der Waals surface area contributed by atoms with Gasteiger partial charge < -0.3 is 0 Å². The Balaban J connectivity index is 2.23. The highest BCUT2D eigenvalue weighted by molar-refractivity contribution is 7.89. The van der Waals surface area contributed by atoms with Gasteiger partial charge >= 0.3 is 0 Å². The summed E-state index contributed by atoms with van der Waals surface area (Å²) in [5.74, 6) is 0. The maximum Gasteiger partial charge on any atom is 0.280 e. The maximum atomic E-state index is 13.6. The zero-order chi connectivity index (χ0) is 18.2. The van der Waals surface area contributed by atoms with E-state index in [0.29, 0.717) is 16.8 Å². The smallest absolute Gasteiger partial charge is 0.266 e. The Bertz CT molecular complexity index is 1000. The van der Waals surface area contributed by atoms with Crippen molar-refractivity contribution >= 4 is 10.0 Å². The molecule has 3 aromatic rings. The third-order valence-corrected chi connectivity index (χ3v) is 4.65. The van der Waals surface area contributed by atoms with Gasteiger partial charge in [-0.3, -0.25) is 9.67 Å². The SMILES string of the molecule is Cn1nc(-c2ccncc2)c(-c2ccc(S(N)(=O)=O)cc2)c1C(F)F. The van der Waals surface area contributed by atoms with Gasteiger partial charge in [0.1, 0.15) is 11.4 Å². The number of alkyl halides is 2. The molecule has 6 nitrogen and oxygen atoms in total. The average molecular weight is 364 g/mol. The summed E-state index contributed by atoms with van der Waals surface area (Å²) in [7, 11) is -2.42. The molecule has 0 aliphatic carbocycles. The van der Waals surface area contributed by atoms with E-state index in [-0.39, 0.29) is 16.2 Å². The van der Waals surface area contributed by atoms with Gasteiger partial charge in [0.2, 0.25) is 10.0 Å². The highest BCUT2D eigenvalue weighted by Crippen LogP contribution is 2.38. The molecule has 3 rings (SSSR count). The minimum absolute atomic E-state index is 0.0933. The molecule has 0 spiro atoms. The van der Waals surface area contributed by atoms with Gasteiger partial charge in [-0.05, 0) is 29.8 Å². The lowest BCUT2D eigenvalue weighted by Gasteiger charge is -2.08. The molecule has 2 heterocycles. The Morgan fingerprint density at radius 3 is 2.16 bits per heavy atom. The van der Waals surface area contributed by atoms with E-state index in [1.807, 2.05) is 0 Å². The van der Waals surface area contributed by atoms with Crippen molar-refractivity contribution in [3.05, 3.63) is 54.5 Å². The first-order valence-corrected chi connectivity index (χ1v) is 8.72. The fraction of sp³-hybridized carbons (Fsp3) is 0.125. The molecule has 2 N–H and O–H groups in total. The number of halogens is 2. The second kappa shape index (κ2) is 6.34. The van der Waals surface area contributed by atoms with E-state index in [0.717, 1.165) is 4.68 Å². The number of hydrogen-bond acceptors (Lipinski definition) is 4. The van der Waals surface area contributed by atoms with Crippen LogP contribution in [0.2, 0.25) is 0 Å². The van der Waals surface area contributed by atoms with Crippen LogP contribution in [0.25, 0.3) is 22.4 Å². The van der Waals surface area contributed by atoms with Crippen molar-refractivity contribution in [3.63, 3.8) is 0 Å². The summed E-state index contributed by atoms with van der Waals surface area (Å²) < 4.78 is 51.1. The highest BCUT2D eigenvalue weighted by atomic mass is 32.2. The first-order chi connectivity index (χ1) is 11.8. The molecular formula is C16H14F2N4O2S. The summed E-state index contributed by atoms with van der Waals surface area (Å²) in [6.45, 7) is 0. The standard InChI is InChI=1S/C16H14F2N4O2S/c1-22-15(16(17)18)13(14(21-22)11-6-8-20-9-7-11)10-2-4-12(5-3-10)25(19,23)24/h2-9,16H,1H3,(H2,19,23,24). The van der Waals surface area contributed by atoms with Crippen molar-refractivity contribution in [3.8, 4) is 22.4 Å². The third kappa shape index (κ3) is 3.28. The molecule has 0 atom stereocenters. The van der Waals surface area contributed by atoms with Gasteiger partial charge in [-0.2, -0.15) is 5.10 Å². The lowest BCUT2D eigenvalue weighted by molar-refractivity contribution is 0.141. The topological polar surface area (TPSA) is 90.9 Å². The van der Waals surface area contributed by atoms with Crippen LogP contribution in [0.4, 0.5) is 8.78 Å². The Labute approximate surface area is 143 Å². The predicted octanol–water partition coefficient (Wildman–Crippen LogP) is 2.73. The third-order valence-electron chi connectivity index (χ3n) is 3.72. The summed E-state index contributed by atoms with van der Waals surface area (Å²) in [6, 6.07) is 8.77. The summed E-state index contributed by atoms with van der Waals surface area (Å²) in [5, 5.41) is 9.29. The molecule has 2 aromatic heterocycles. The quantitative estimate of drug-likeness (QED) is 0.771. The van der Waals surface area contributed by atoms with Crippen LogP contribution in [0.15, 0.2) is 53.7 Å². The molecule has 0 fully saturated rings.